The number of rotatable bonds is 7. The first-order valence-electron chi connectivity index (χ1n) is 14.7. The van der Waals surface area contributed by atoms with Gasteiger partial charge in [-0.15, -0.1) is 0 Å². The minimum atomic E-state index is -0.473. The van der Waals surface area contributed by atoms with Gasteiger partial charge in [0.2, 0.25) is 11.8 Å². The highest BCUT2D eigenvalue weighted by Gasteiger charge is 2.52. The van der Waals surface area contributed by atoms with Crippen molar-refractivity contribution in [1.29, 1.82) is 0 Å². The number of anilines is 1. The number of carbonyl (C=O) groups excluding carboxylic acids is 1. The van der Waals surface area contributed by atoms with Crippen LogP contribution in [-0.4, -0.2) is 78.1 Å². The molecule has 1 spiro atoms. The van der Waals surface area contributed by atoms with E-state index in [1.165, 1.54) is 32.4 Å². The topological polar surface area (TPSA) is 61.8 Å². The third kappa shape index (κ3) is 4.91. The van der Waals surface area contributed by atoms with E-state index < -0.39 is 5.41 Å². The summed E-state index contributed by atoms with van der Waals surface area (Å²) in [5.74, 6) is 0.882. The number of hydrogen-bond acceptors (Lipinski definition) is 6. The molecule has 39 heavy (non-hydrogen) atoms. The molecule has 0 radical (unpaired) electrons. The Labute approximate surface area is 232 Å². The Bertz CT molecular complexity index is 1320. The zero-order valence-corrected chi connectivity index (χ0v) is 23.7. The van der Waals surface area contributed by atoms with Gasteiger partial charge in [0.05, 0.1) is 29.4 Å². The van der Waals surface area contributed by atoms with Crippen molar-refractivity contribution in [2.24, 2.45) is 0 Å². The first-order valence-corrected chi connectivity index (χ1v) is 14.7. The zero-order valence-electron chi connectivity index (χ0n) is 23.7. The first kappa shape index (κ1) is 26.2. The monoisotopic (exact) mass is 527 g/mol. The molecule has 1 amide bonds. The van der Waals surface area contributed by atoms with Crippen LogP contribution in [0.15, 0.2) is 42.7 Å². The van der Waals surface area contributed by atoms with Crippen LogP contribution in [0.1, 0.15) is 57.9 Å². The van der Waals surface area contributed by atoms with E-state index in [4.69, 9.17) is 9.72 Å². The summed E-state index contributed by atoms with van der Waals surface area (Å²) >= 11 is 0. The third-order valence-electron chi connectivity index (χ3n) is 9.17. The van der Waals surface area contributed by atoms with Crippen molar-refractivity contribution >= 4 is 22.5 Å². The first-order chi connectivity index (χ1) is 19.0. The summed E-state index contributed by atoms with van der Waals surface area (Å²) in [6, 6.07) is 10.9. The molecule has 0 atom stereocenters. The molecule has 2 fully saturated rings. The van der Waals surface area contributed by atoms with Crippen LogP contribution < -0.4 is 9.64 Å². The summed E-state index contributed by atoms with van der Waals surface area (Å²) < 4.78 is 5.95. The normalized spacial score (nSPS) is 19.8. The number of piperidine rings is 2. The minimum absolute atomic E-state index is 0.212. The van der Waals surface area contributed by atoms with E-state index in [9.17, 15) is 4.79 Å². The van der Waals surface area contributed by atoms with Gasteiger partial charge in [0.1, 0.15) is 0 Å². The van der Waals surface area contributed by atoms with Gasteiger partial charge >= 0.3 is 0 Å². The third-order valence-corrected chi connectivity index (χ3v) is 9.17. The molecule has 0 unspecified atom stereocenters. The van der Waals surface area contributed by atoms with Crippen molar-refractivity contribution in [2.75, 3.05) is 51.3 Å². The lowest BCUT2D eigenvalue weighted by atomic mass is 9.72. The van der Waals surface area contributed by atoms with Crippen LogP contribution in [-0.2, 0) is 10.2 Å². The predicted octanol–water partition coefficient (Wildman–Crippen LogP) is 5.27. The second kappa shape index (κ2) is 10.9. The van der Waals surface area contributed by atoms with Crippen LogP contribution in [0, 0.1) is 0 Å². The number of carbonyl (C=O) groups is 1. The zero-order chi connectivity index (χ0) is 27.0. The second-order valence-corrected chi connectivity index (χ2v) is 11.8. The number of likely N-dealkylation sites (N-methyl/N-ethyl adjacent to an activating group) is 1. The van der Waals surface area contributed by atoms with Crippen LogP contribution in [0.4, 0.5) is 5.69 Å². The van der Waals surface area contributed by atoms with Gasteiger partial charge in [-0.3, -0.25) is 9.78 Å². The number of fused-ring (bicyclic) bond motifs is 4. The lowest BCUT2D eigenvalue weighted by Gasteiger charge is -2.40. The fraction of sp³-hybridized carbons (Fsp3) is 0.531. The number of aromatic nitrogens is 2. The van der Waals surface area contributed by atoms with Crippen molar-refractivity contribution in [3.63, 3.8) is 0 Å². The highest BCUT2D eigenvalue weighted by molar-refractivity contribution is 6.12. The molecule has 0 saturated carbocycles. The Kier molecular flexibility index (Phi) is 7.29. The molecular formula is C32H41N5O2. The summed E-state index contributed by atoms with van der Waals surface area (Å²) in [7, 11) is 1.90. The molecule has 0 N–H and O–H groups in total. The Hall–Kier alpha value is -3.03. The minimum Gasteiger partial charge on any atom is -0.478 e. The fourth-order valence-corrected chi connectivity index (χ4v) is 6.83. The number of nitrogens with zero attached hydrogens (tertiary/aromatic N) is 5. The van der Waals surface area contributed by atoms with Crippen LogP contribution in [0.3, 0.4) is 0 Å². The molecule has 0 bridgehead atoms. The summed E-state index contributed by atoms with van der Waals surface area (Å²) in [6.45, 7) is 10.6. The molecule has 206 valence electrons. The van der Waals surface area contributed by atoms with Gasteiger partial charge in [-0.2, -0.15) is 0 Å². The van der Waals surface area contributed by atoms with Gasteiger partial charge in [-0.25, -0.2) is 4.98 Å². The number of amides is 1. The number of benzene rings is 1. The average molecular weight is 528 g/mol. The van der Waals surface area contributed by atoms with Gasteiger partial charge in [0, 0.05) is 48.4 Å². The van der Waals surface area contributed by atoms with E-state index in [1.807, 2.05) is 30.4 Å². The van der Waals surface area contributed by atoms with Crippen molar-refractivity contribution in [2.45, 2.75) is 63.8 Å². The van der Waals surface area contributed by atoms with Crippen LogP contribution in [0.5, 0.6) is 5.88 Å². The van der Waals surface area contributed by atoms with Crippen LogP contribution >= 0.6 is 0 Å². The Balaban J connectivity index is 1.22. The molecule has 0 aliphatic carbocycles. The largest absolute Gasteiger partial charge is 0.478 e. The number of ether oxygens (including phenoxy) is 1. The van der Waals surface area contributed by atoms with Gasteiger partial charge in [0.25, 0.3) is 0 Å². The molecule has 3 aliphatic heterocycles. The molecule has 2 saturated heterocycles. The van der Waals surface area contributed by atoms with Gasteiger partial charge < -0.3 is 19.4 Å². The van der Waals surface area contributed by atoms with Crippen LogP contribution in [0.25, 0.3) is 22.0 Å². The molecule has 7 heteroatoms. The number of pyridine rings is 2. The molecule has 3 aliphatic rings. The molecule has 5 heterocycles. The molecular weight excluding hydrogens is 486 g/mol. The van der Waals surface area contributed by atoms with Crippen molar-refractivity contribution < 1.29 is 9.53 Å². The Morgan fingerprint density at radius 3 is 2.44 bits per heavy atom. The Morgan fingerprint density at radius 1 is 0.949 bits per heavy atom. The van der Waals surface area contributed by atoms with Gasteiger partial charge in [0.15, 0.2) is 0 Å². The van der Waals surface area contributed by atoms with E-state index in [1.54, 1.807) is 0 Å². The SMILES string of the molecule is CC(C)N1CCC2(CC1)C(=O)N(C)c1cnc3ccc(-c4ccc(OCCCN5CCCCC5)nc4)cc3c12. The average Bonchev–Trinajstić information content (AvgIpc) is 3.18. The second-order valence-electron chi connectivity index (χ2n) is 11.8. The smallest absolute Gasteiger partial charge is 0.237 e. The number of hydrogen-bond donors (Lipinski definition) is 0. The maximum atomic E-state index is 13.7. The maximum Gasteiger partial charge on any atom is 0.237 e. The standard InChI is InChI=1S/C32H41N5O2/c1-23(2)37-17-12-32(13-18-37)30-26-20-24(8-10-27(26)33-22-28(30)35(3)31(32)38)25-9-11-29(34-21-25)39-19-7-16-36-14-5-4-6-15-36/h8-11,20-23H,4-7,12-19H2,1-3H3. The van der Waals surface area contributed by atoms with Crippen molar-refractivity contribution in [1.82, 2.24) is 19.8 Å². The maximum absolute atomic E-state index is 13.7. The van der Waals surface area contributed by atoms with E-state index in [0.29, 0.717) is 18.5 Å². The number of likely N-dealkylation sites (tertiary alicyclic amines) is 2. The van der Waals surface area contributed by atoms with E-state index in [2.05, 4.69) is 52.9 Å². The molecule has 7 nitrogen and oxygen atoms in total. The molecule has 6 rings (SSSR count). The summed E-state index contributed by atoms with van der Waals surface area (Å²) in [4.78, 5) is 29.9. The van der Waals surface area contributed by atoms with Crippen molar-refractivity contribution in [3.8, 4) is 17.0 Å². The highest BCUT2D eigenvalue weighted by atomic mass is 16.5. The van der Waals surface area contributed by atoms with E-state index >= 15 is 0 Å². The highest BCUT2D eigenvalue weighted by Crippen LogP contribution is 2.50. The fourth-order valence-electron chi connectivity index (χ4n) is 6.83. The molecule has 3 aromatic rings. The molecule has 2 aromatic heterocycles. The van der Waals surface area contributed by atoms with Gasteiger partial charge in [-0.1, -0.05) is 12.5 Å². The Morgan fingerprint density at radius 2 is 1.72 bits per heavy atom. The summed E-state index contributed by atoms with van der Waals surface area (Å²) in [6.07, 6.45) is 10.5. The van der Waals surface area contributed by atoms with Crippen molar-refractivity contribution in [3.05, 3.63) is 48.3 Å². The lowest BCUT2D eigenvalue weighted by Crippen LogP contribution is -2.49. The molecule has 1 aromatic carbocycles. The van der Waals surface area contributed by atoms with E-state index in [-0.39, 0.29) is 5.91 Å². The summed E-state index contributed by atoms with van der Waals surface area (Å²) in [5.41, 5.74) is 4.70. The van der Waals surface area contributed by atoms with Crippen LogP contribution in [0.2, 0.25) is 0 Å². The predicted molar refractivity (Wildman–Crippen MR) is 156 cm³/mol. The van der Waals surface area contributed by atoms with E-state index in [0.717, 1.165) is 72.2 Å². The van der Waals surface area contributed by atoms with Gasteiger partial charge in [-0.05, 0) is 95.9 Å². The quantitative estimate of drug-likeness (QED) is 0.390. The lowest BCUT2D eigenvalue weighted by molar-refractivity contribution is -0.124. The summed E-state index contributed by atoms with van der Waals surface area (Å²) in [5, 5.41) is 1.08.